The van der Waals surface area contributed by atoms with E-state index in [0.29, 0.717) is 34.9 Å². The fourth-order valence-corrected chi connectivity index (χ4v) is 5.17. The van der Waals surface area contributed by atoms with Crippen molar-refractivity contribution in [1.82, 2.24) is 20.3 Å². The molecule has 0 saturated carbocycles. The molecule has 3 aromatic carbocycles. The summed E-state index contributed by atoms with van der Waals surface area (Å²) in [6, 6.07) is 26.5. The van der Waals surface area contributed by atoms with Crippen molar-refractivity contribution in [2.75, 3.05) is 17.2 Å². The van der Waals surface area contributed by atoms with E-state index in [1.165, 1.54) is 18.1 Å². The standard InChI is InChI=1S/C32H30N6O3S/c1-20(2)26-14-13-25-29(37-26)34-19-35-30(25)38-27-18-22(31(39)33-17-16-21-6-4-3-5-7-21)8-15-28(27)42-24-11-9-23(10-12-24)36-32(40)41/h3-15,18-20,36H,16-17H2,1-2H3,(H,33,39)(H,40,41)(H,34,35,37,38). The highest BCUT2D eigenvalue weighted by Crippen LogP contribution is 2.37. The van der Waals surface area contributed by atoms with Crippen LogP contribution in [-0.2, 0) is 6.42 Å². The van der Waals surface area contributed by atoms with E-state index in [1.807, 2.05) is 66.7 Å². The highest BCUT2D eigenvalue weighted by molar-refractivity contribution is 7.99. The van der Waals surface area contributed by atoms with Crippen LogP contribution in [0.3, 0.4) is 0 Å². The Morgan fingerprint density at radius 1 is 0.929 bits per heavy atom. The first-order valence-corrected chi connectivity index (χ1v) is 14.3. The molecule has 0 bridgehead atoms. The Labute approximate surface area is 247 Å². The van der Waals surface area contributed by atoms with Crippen molar-refractivity contribution in [3.63, 3.8) is 0 Å². The summed E-state index contributed by atoms with van der Waals surface area (Å²) in [5, 5.41) is 18.5. The van der Waals surface area contributed by atoms with E-state index in [2.05, 4.69) is 39.8 Å². The summed E-state index contributed by atoms with van der Waals surface area (Å²) in [5.74, 6) is 0.663. The smallest absolute Gasteiger partial charge is 0.409 e. The topological polar surface area (TPSA) is 129 Å². The number of carbonyl (C=O) groups is 2. The maximum atomic E-state index is 13.1. The van der Waals surface area contributed by atoms with Crippen molar-refractivity contribution < 1.29 is 14.7 Å². The summed E-state index contributed by atoms with van der Waals surface area (Å²) in [5.41, 5.74) is 4.36. The van der Waals surface area contributed by atoms with Crippen LogP contribution >= 0.6 is 11.8 Å². The molecule has 0 atom stereocenters. The number of carboxylic acid groups (broad SMARTS) is 1. The van der Waals surface area contributed by atoms with Crippen molar-refractivity contribution >= 4 is 52.0 Å². The fourth-order valence-electron chi connectivity index (χ4n) is 4.29. The Kier molecular flexibility index (Phi) is 8.93. The van der Waals surface area contributed by atoms with Gasteiger partial charge in [-0.3, -0.25) is 10.1 Å². The third kappa shape index (κ3) is 7.21. The molecule has 0 spiro atoms. The lowest BCUT2D eigenvalue weighted by atomic mass is 10.1. The summed E-state index contributed by atoms with van der Waals surface area (Å²) >= 11 is 1.48. The summed E-state index contributed by atoms with van der Waals surface area (Å²) in [4.78, 5) is 39.4. The first kappa shape index (κ1) is 28.6. The number of hydrogen-bond donors (Lipinski definition) is 4. The van der Waals surface area contributed by atoms with E-state index in [9.17, 15) is 9.59 Å². The predicted molar refractivity (Wildman–Crippen MR) is 166 cm³/mol. The Hall–Kier alpha value is -4.96. The number of fused-ring (bicyclic) bond motifs is 1. The van der Waals surface area contributed by atoms with Gasteiger partial charge in [0.15, 0.2) is 5.65 Å². The molecule has 0 aliphatic heterocycles. The fraction of sp³-hybridized carbons (Fsp3) is 0.156. The van der Waals surface area contributed by atoms with Gasteiger partial charge in [-0.15, -0.1) is 0 Å². The lowest BCUT2D eigenvalue weighted by molar-refractivity contribution is 0.0954. The third-order valence-corrected chi connectivity index (χ3v) is 7.56. The van der Waals surface area contributed by atoms with Crippen molar-refractivity contribution in [1.29, 1.82) is 0 Å². The van der Waals surface area contributed by atoms with Crippen LogP contribution in [0.5, 0.6) is 0 Å². The Balaban J connectivity index is 1.43. The molecule has 2 heterocycles. The molecular weight excluding hydrogens is 548 g/mol. The van der Waals surface area contributed by atoms with Crippen LogP contribution in [-0.4, -0.2) is 38.6 Å². The molecule has 212 valence electrons. The number of rotatable bonds is 10. The van der Waals surface area contributed by atoms with Crippen LogP contribution in [0.4, 0.5) is 22.0 Å². The van der Waals surface area contributed by atoms with Gasteiger partial charge in [-0.05, 0) is 72.5 Å². The highest BCUT2D eigenvalue weighted by atomic mass is 32.2. The second-order valence-electron chi connectivity index (χ2n) is 9.87. The normalized spacial score (nSPS) is 10.9. The van der Waals surface area contributed by atoms with Crippen molar-refractivity contribution in [2.45, 2.75) is 36.0 Å². The molecule has 2 amide bonds. The van der Waals surface area contributed by atoms with E-state index < -0.39 is 6.09 Å². The lowest BCUT2D eigenvalue weighted by Crippen LogP contribution is -2.25. The van der Waals surface area contributed by atoms with Crippen LogP contribution in [0.1, 0.15) is 41.4 Å². The molecule has 0 aliphatic rings. The third-order valence-electron chi connectivity index (χ3n) is 6.48. The summed E-state index contributed by atoms with van der Waals surface area (Å²) in [7, 11) is 0. The Morgan fingerprint density at radius 3 is 2.45 bits per heavy atom. The summed E-state index contributed by atoms with van der Waals surface area (Å²) in [6.45, 7) is 4.68. The van der Waals surface area contributed by atoms with Gasteiger partial charge in [-0.1, -0.05) is 55.9 Å². The number of amides is 2. The molecule has 0 unspecified atom stereocenters. The maximum absolute atomic E-state index is 13.1. The number of nitrogens with zero attached hydrogens (tertiary/aromatic N) is 3. The quantitative estimate of drug-likeness (QED) is 0.138. The largest absolute Gasteiger partial charge is 0.465 e. The SMILES string of the molecule is CC(C)c1ccc2c(Nc3cc(C(=O)NCCc4ccccc4)ccc3Sc3ccc(NC(=O)O)cc3)ncnc2n1. The van der Waals surface area contributed by atoms with Gasteiger partial charge < -0.3 is 15.7 Å². The van der Waals surface area contributed by atoms with Crippen molar-refractivity contribution in [3.05, 3.63) is 108 Å². The molecule has 0 radical (unpaired) electrons. The molecule has 5 rings (SSSR count). The molecule has 5 aromatic rings. The average Bonchev–Trinajstić information content (AvgIpc) is 2.99. The zero-order valence-corrected chi connectivity index (χ0v) is 24.0. The van der Waals surface area contributed by atoms with E-state index in [4.69, 9.17) is 10.1 Å². The second kappa shape index (κ2) is 13.1. The van der Waals surface area contributed by atoms with Crippen LogP contribution in [0.15, 0.2) is 101 Å². The minimum atomic E-state index is -1.12. The minimum absolute atomic E-state index is 0.176. The van der Waals surface area contributed by atoms with E-state index >= 15 is 0 Å². The molecular formula is C32H30N6O3S. The van der Waals surface area contributed by atoms with Gasteiger partial charge in [0, 0.05) is 33.3 Å². The molecule has 10 heteroatoms. The number of carbonyl (C=O) groups excluding carboxylic acids is 1. The van der Waals surface area contributed by atoms with Gasteiger partial charge in [-0.25, -0.2) is 19.7 Å². The summed E-state index contributed by atoms with van der Waals surface area (Å²) < 4.78 is 0. The number of hydrogen-bond acceptors (Lipinski definition) is 7. The lowest BCUT2D eigenvalue weighted by Gasteiger charge is -2.15. The Morgan fingerprint density at radius 2 is 1.71 bits per heavy atom. The van der Waals surface area contributed by atoms with Gasteiger partial charge in [-0.2, -0.15) is 0 Å². The number of anilines is 3. The Bertz CT molecular complexity index is 1710. The number of nitrogens with one attached hydrogen (secondary N) is 3. The molecule has 2 aromatic heterocycles. The van der Waals surface area contributed by atoms with E-state index in [-0.39, 0.29) is 11.8 Å². The molecule has 9 nitrogen and oxygen atoms in total. The number of aromatic nitrogens is 3. The van der Waals surface area contributed by atoms with Crippen LogP contribution in [0.25, 0.3) is 11.0 Å². The molecule has 0 fully saturated rings. The highest BCUT2D eigenvalue weighted by Gasteiger charge is 2.15. The average molecular weight is 579 g/mol. The monoisotopic (exact) mass is 578 g/mol. The zero-order valence-electron chi connectivity index (χ0n) is 23.2. The summed E-state index contributed by atoms with van der Waals surface area (Å²) in [6.07, 6.45) is 1.09. The maximum Gasteiger partial charge on any atom is 0.409 e. The van der Waals surface area contributed by atoms with E-state index in [0.717, 1.165) is 32.9 Å². The van der Waals surface area contributed by atoms with Gasteiger partial charge in [0.25, 0.3) is 5.91 Å². The van der Waals surface area contributed by atoms with Gasteiger partial charge in [0.1, 0.15) is 12.1 Å². The number of pyridine rings is 1. The van der Waals surface area contributed by atoms with Crippen molar-refractivity contribution in [2.24, 2.45) is 0 Å². The minimum Gasteiger partial charge on any atom is -0.465 e. The molecule has 0 aliphatic carbocycles. The van der Waals surface area contributed by atoms with Crippen LogP contribution < -0.4 is 16.0 Å². The first-order valence-electron chi connectivity index (χ1n) is 13.5. The van der Waals surface area contributed by atoms with Gasteiger partial charge in [0.05, 0.1) is 11.1 Å². The number of benzene rings is 3. The molecule has 42 heavy (non-hydrogen) atoms. The second-order valence-corrected chi connectivity index (χ2v) is 11.0. The predicted octanol–water partition coefficient (Wildman–Crippen LogP) is 7.11. The van der Waals surface area contributed by atoms with E-state index in [1.54, 1.807) is 18.2 Å². The molecule has 4 N–H and O–H groups in total. The van der Waals surface area contributed by atoms with Crippen molar-refractivity contribution in [3.8, 4) is 0 Å². The van der Waals surface area contributed by atoms with Gasteiger partial charge >= 0.3 is 6.09 Å². The molecule has 0 saturated heterocycles. The zero-order chi connectivity index (χ0) is 29.5. The van der Waals surface area contributed by atoms with Crippen LogP contribution in [0.2, 0.25) is 0 Å². The van der Waals surface area contributed by atoms with Crippen LogP contribution in [0, 0.1) is 0 Å². The van der Waals surface area contributed by atoms with Gasteiger partial charge in [0.2, 0.25) is 0 Å². The first-order chi connectivity index (χ1) is 20.4.